The molecule has 59 heavy (non-hydrogen) atoms. The minimum absolute atomic E-state index is 0.163. The fourth-order valence-electron chi connectivity index (χ4n) is 14.8. The lowest BCUT2D eigenvalue weighted by Gasteiger charge is -2.76. The van der Waals surface area contributed by atoms with E-state index >= 15 is 0 Å². The summed E-state index contributed by atoms with van der Waals surface area (Å²) in [5.41, 5.74) is 19.2. The zero-order chi connectivity index (χ0) is 39.5. The van der Waals surface area contributed by atoms with Crippen molar-refractivity contribution in [1.29, 1.82) is 0 Å². The average molecular weight is 764 g/mol. The molecule has 0 amide bonds. The number of fused-ring (bicyclic) bond motifs is 10. The average Bonchev–Trinajstić information content (AvgIpc) is 3.90. The number of benzene rings is 7. The van der Waals surface area contributed by atoms with E-state index in [0.29, 0.717) is 5.41 Å². The van der Waals surface area contributed by atoms with E-state index in [1.54, 1.807) is 11.1 Å². The Labute approximate surface area is 350 Å². The van der Waals surface area contributed by atoms with Crippen molar-refractivity contribution in [2.45, 2.75) is 82.5 Å². The van der Waals surface area contributed by atoms with Gasteiger partial charge in [0, 0.05) is 22.4 Å². The first kappa shape index (κ1) is 34.5. The van der Waals surface area contributed by atoms with Crippen LogP contribution in [0.4, 0.5) is 17.1 Å². The Balaban J connectivity index is 0.964. The smallest absolute Gasteiger partial charge is 0.0543 e. The van der Waals surface area contributed by atoms with Gasteiger partial charge in [0.05, 0.1) is 5.69 Å². The van der Waals surface area contributed by atoms with E-state index in [0.717, 1.165) is 23.7 Å². The number of hydrogen-bond acceptors (Lipinski definition) is 1. The van der Waals surface area contributed by atoms with Crippen LogP contribution in [-0.2, 0) is 16.2 Å². The van der Waals surface area contributed by atoms with E-state index in [1.807, 2.05) is 0 Å². The molecule has 0 heterocycles. The summed E-state index contributed by atoms with van der Waals surface area (Å²) in [6.45, 7) is 9.70. The Morgan fingerprint density at radius 2 is 1.12 bits per heavy atom. The number of anilines is 3. The predicted molar refractivity (Wildman–Crippen MR) is 246 cm³/mol. The maximum absolute atomic E-state index is 2.57. The van der Waals surface area contributed by atoms with E-state index in [4.69, 9.17) is 0 Å². The molecule has 290 valence electrons. The minimum atomic E-state index is 0.163. The molecule has 6 atom stereocenters. The minimum Gasteiger partial charge on any atom is -0.310 e. The topological polar surface area (TPSA) is 3.24 Å². The van der Waals surface area contributed by atoms with Crippen LogP contribution in [0.15, 0.2) is 152 Å². The van der Waals surface area contributed by atoms with Crippen LogP contribution >= 0.6 is 0 Å². The van der Waals surface area contributed by atoms with Crippen molar-refractivity contribution in [3.8, 4) is 33.4 Å². The van der Waals surface area contributed by atoms with Crippen LogP contribution in [0.2, 0.25) is 0 Å². The quantitative estimate of drug-likeness (QED) is 0.169. The fourth-order valence-corrected chi connectivity index (χ4v) is 14.8. The standard InChI is InChI=1S/C58H53N/c1-55(2)29-30-56(3,4)50-33-40(23-28-48(50)55)37-19-24-42(25-20-37)59(43-26-21-39(22-27-43)45-15-9-12-38-11-5-6-13-44(38)45)51-18-10-17-49-54(51)46-14-7-8-16-47(46)58(49)52-32-36-31-41-34-53(58)57(41,52)35-36/h5-28,33,36,41,52-53H,29-32,34-35H2,1-4H3. The SMILES string of the molecule is CC1(C)CCC(C)(C)c2cc(-c3ccc(N(c4ccc(-c5cccc6ccccc56)cc4)c4cccc5c4-c4ccccc4C54C5CC6CC7CC4C75C6)cc3)ccc21. The highest BCUT2D eigenvalue weighted by Gasteiger charge is 2.84. The Morgan fingerprint density at radius 1 is 0.492 bits per heavy atom. The first-order valence-electron chi connectivity index (χ1n) is 22.6. The monoisotopic (exact) mass is 763 g/mol. The van der Waals surface area contributed by atoms with Gasteiger partial charge in [-0.2, -0.15) is 0 Å². The number of nitrogens with zero attached hydrogens (tertiary/aromatic N) is 1. The summed E-state index contributed by atoms with van der Waals surface area (Å²) in [6.07, 6.45) is 8.29. The zero-order valence-corrected chi connectivity index (χ0v) is 34.9. The molecule has 4 fully saturated rings. The zero-order valence-electron chi connectivity index (χ0n) is 34.9. The summed E-state index contributed by atoms with van der Waals surface area (Å²) in [5.74, 6) is 3.49. The summed E-state index contributed by atoms with van der Waals surface area (Å²) in [4.78, 5) is 2.57. The maximum Gasteiger partial charge on any atom is 0.0543 e. The largest absolute Gasteiger partial charge is 0.310 e. The molecule has 7 aromatic rings. The van der Waals surface area contributed by atoms with Gasteiger partial charge in [-0.15, -0.1) is 0 Å². The molecule has 0 aliphatic heterocycles. The third-order valence-electron chi connectivity index (χ3n) is 17.4. The van der Waals surface area contributed by atoms with Crippen molar-refractivity contribution in [2.75, 3.05) is 4.90 Å². The van der Waals surface area contributed by atoms with Crippen LogP contribution < -0.4 is 4.90 Å². The molecule has 2 spiro atoms. The highest BCUT2D eigenvalue weighted by Crippen LogP contribution is 2.89. The molecule has 0 radical (unpaired) electrons. The molecule has 4 saturated carbocycles. The summed E-state index contributed by atoms with van der Waals surface area (Å²) in [6, 6.07) is 58.5. The van der Waals surface area contributed by atoms with Crippen molar-refractivity contribution >= 4 is 27.8 Å². The van der Waals surface area contributed by atoms with E-state index in [2.05, 4.69) is 184 Å². The molecular formula is C58H53N. The Bertz CT molecular complexity index is 2870. The molecule has 0 aromatic heterocycles. The second-order valence-electron chi connectivity index (χ2n) is 20.8. The summed E-state index contributed by atoms with van der Waals surface area (Å²) >= 11 is 0. The molecule has 2 bridgehead atoms. The first-order chi connectivity index (χ1) is 28.7. The van der Waals surface area contributed by atoms with Gasteiger partial charge in [-0.3, -0.25) is 0 Å². The molecular weight excluding hydrogens is 711 g/mol. The fraction of sp³-hybridized carbons (Fsp3) is 0.310. The van der Waals surface area contributed by atoms with Gasteiger partial charge in [-0.1, -0.05) is 149 Å². The Kier molecular flexibility index (Phi) is 6.81. The number of rotatable bonds is 5. The van der Waals surface area contributed by atoms with Crippen molar-refractivity contribution in [2.24, 2.45) is 29.1 Å². The van der Waals surface area contributed by atoms with Crippen LogP contribution in [-0.4, -0.2) is 0 Å². The highest BCUT2D eigenvalue weighted by molar-refractivity contribution is 5.98. The van der Waals surface area contributed by atoms with Gasteiger partial charge in [-0.25, -0.2) is 0 Å². The van der Waals surface area contributed by atoms with Gasteiger partial charge in [0.25, 0.3) is 0 Å². The summed E-state index contributed by atoms with van der Waals surface area (Å²) in [7, 11) is 0. The van der Waals surface area contributed by atoms with Crippen molar-refractivity contribution in [3.05, 3.63) is 174 Å². The van der Waals surface area contributed by atoms with Crippen LogP contribution in [0.1, 0.15) is 88.5 Å². The molecule has 7 aromatic carbocycles. The van der Waals surface area contributed by atoms with Crippen LogP contribution in [0.25, 0.3) is 44.2 Å². The predicted octanol–water partition coefficient (Wildman–Crippen LogP) is 15.3. The van der Waals surface area contributed by atoms with Gasteiger partial charge >= 0.3 is 0 Å². The van der Waals surface area contributed by atoms with E-state index < -0.39 is 0 Å². The van der Waals surface area contributed by atoms with Crippen LogP contribution in [0, 0.1) is 29.1 Å². The van der Waals surface area contributed by atoms with Gasteiger partial charge in [0.15, 0.2) is 0 Å². The van der Waals surface area contributed by atoms with Crippen LogP contribution in [0.3, 0.4) is 0 Å². The Hall–Kier alpha value is -5.40. The van der Waals surface area contributed by atoms with Gasteiger partial charge in [0.2, 0.25) is 0 Å². The molecule has 1 heteroatoms. The van der Waals surface area contributed by atoms with Gasteiger partial charge < -0.3 is 4.90 Å². The normalized spacial score (nSPS) is 28.0. The second kappa shape index (κ2) is 11.7. The molecule has 1 nitrogen and oxygen atoms in total. The summed E-state index contributed by atoms with van der Waals surface area (Å²) in [5, 5.41) is 2.57. The van der Waals surface area contributed by atoms with Crippen LogP contribution in [0.5, 0.6) is 0 Å². The third-order valence-corrected chi connectivity index (χ3v) is 17.4. The van der Waals surface area contributed by atoms with Crippen molar-refractivity contribution in [3.63, 3.8) is 0 Å². The van der Waals surface area contributed by atoms with E-state index in [-0.39, 0.29) is 16.2 Å². The highest BCUT2D eigenvalue weighted by atomic mass is 15.1. The first-order valence-corrected chi connectivity index (χ1v) is 22.6. The van der Waals surface area contributed by atoms with Crippen molar-refractivity contribution < 1.29 is 0 Å². The summed E-state index contributed by atoms with van der Waals surface area (Å²) < 4.78 is 0. The molecule has 6 aliphatic carbocycles. The van der Waals surface area contributed by atoms with Crippen molar-refractivity contribution in [1.82, 2.24) is 0 Å². The Morgan fingerprint density at radius 3 is 1.92 bits per heavy atom. The molecule has 0 N–H and O–H groups in total. The lowest BCUT2D eigenvalue weighted by molar-refractivity contribution is -0.231. The lowest BCUT2D eigenvalue weighted by atomic mass is 9.27. The van der Waals surface area contributed by atoms with Gasteiger partial charge in [0.1, 0.15) is 0 Å². The second-order valence-corrected chi connectivity index (χ2v) is 20.8. The molecule has 13 rings (SSSR count). The van der Waals surface area contributed by atoms with Gasteiger partial charge in [-0.05, 0) is 170 Å². The van der Waals surface area contributed by atoms with E-state index in [1.165, 1.54) is 111 Å². The maximum atomic E-state index is 2.57. The molecule has 6 aliphatic rings. The molecule has 6 unspecified atom stereocenters. The number of hydrogen-bond donors (Lipinski definition) is 0. The lowest BCUT2D eigenvalue weighted by Crippen LogP contribution is -2.73. The third kappa shape index (κ3) is 4.37. The van der Waals surface area contributed by atoms with E-state index in [9.17, 15) is 0 Å². The molecule has 0 saturated heterocycles.